The SMILES string of the molecule is COc1cc(/C=C2\SC(=O)N(CCNC(=O)Cc3ccc(Cl)cc3)C2=O)ccc1OC(F)F. The first kappa shape index (κ1) is 24.5. The van der Waals surface area contributed by atoms with Crippen molar-refractivity contribution in [2.24, 2.45) is 0 Å². The molecule has 1 aliphatic rings. The Morgan fingerprint density at radius 3 is 2.58 bits per heavy atom. The summed E-state index contributed by atoms with van der Waals surface area (Å²) in [6.45, 7) is -2.89. The molecule has 1 saturated heterocycles. The lowest BCUT2D eigenvalue weighted by molar-refractivity contribution is -0.124. The van der Waals surface area contributed by atoms with Crippen LogP contribution in [0.15, 0.2) is 47.4 Å². The van der Waals surface area contributed by atoms with E-state index in [9.17, 15) is 23.2 Å². The monoisotopic (exact) mass is 496 g/mol. The number of carbonyl (C=O) groups excluding carboxylic acids is 3. The van der Waals surface area contributed by atoms with Crippen LogP contribution >= 0.6 is 23.4 Å². The van der Waals surface area contributed by atoms with Crippen molar-refractivity contribution in [2.75, 3.05) is 20.2 Å². The van der Waals surface area contributed by atoms with Crippen molar-refractivity contribution in [2.45, 2.75) is 13.0 Å². The number of halogens is 3. The number of ether oxygens (including phenoxy) is 2. The zero-order chi connectivity index (χ0) is 24.0. The van der Waals surface area contributed by atoms with Crippen LogP contribution in [0.1, 0.15) is 11.1 Å². The van der Waals surface area contributed by atoms with Gasteiger partial charge in [-0.3, -0.25) is 19.3 Å². The minimum Gasteiger partial charge on any atom is -0.493 e. The molecule has 0 bridgehead atoms. The number of hydrogen-bond donors (Lipinski definition) is 1. The summed E-state index contributed by atoms with van der Waals surface area (Å²) >= 11 is 6.57. The Kier molecular flexibility index (Phi) is 8.29. The maximum absolute atomic E-state index is 12.6. The molecule has 0 aromatic heterocycles. The first-order valence-electron chi connectivity index (χ1n) is 9.66. The van der Waals surface area contributed by atoms with Crippen LogP contribution in [0.4, 0.5) is 13.6 Å². The highest BCUT2D eigenvalue weighted by atomic mass is 35.5. The first-order chi connectivity index (χ1) is 15.8. The van der Waals surface area contributed by atoms with Gasteiger partial charge in [0.1, 0.15) is 0 Å². The van der Waals surface area contributed by atoms with Crippen molar-refractivity contribution in [3.8, 4) is 11.5 Å². The summed E-state index contributed by atoms with van der Waals surface area (Å²) in [6.07, 6.45) is 1.60. The number of amides is 3. The van der Waals surface area contributed by atoms with Crippen molar-refractivity contribution in [3.63, 3.8) is 0 Å². The molecule has 2 aromatic rings. The molecule has 0 aliphatic carbocycles. The van der Waals surface area contributed by atoms with E-state index in [1.165, 1.54) is 31.4 Å². The normalized spacial score (nSPS) is 14.8. The highest BCUT2D eigenvalue weighted by Gasteiger charge is 2.34. The molecule has 0 unspecified atom stereocenters. The van der Waals surface area contributed by atoms with Crippen molar-refractivity contribution in [1.29, 1.82) is 0 Å². The fourth-order valence-electron chi connectivity index (χ4n) is 2.97. The molecule has 3 amide bonds. The summed E-state index contributed by atoms with van der Waals surface area (Å²) in [5, 5.41) is 2.78. The molecule has 33 heavy (non-hydrogen) atoms. The van der Waals surface area contributed by atoms with Crippen LogP contribution in [0.5, 0.6) is 11.5 Å². The molecule has 11 heteroatoms. The molecule has 1 aliphatic heterocycles. The van der Waals surface area contributed by atoms with Gasteiger partial charge in [0, 0.05) is 18.1 Å². The van der Waals surface area contributed by atoms with Crippen LogP contribution in [-0.2, 0) is 16.0 Å². The van der Waals surface area contributed by atoms with Crippen molar-refractivity contribution in [3.05, 3.63) is 63.5 Å². The number of rotatable bonds is 9. The number of imide groups is 1. The molecular formula is C22H19ClF2N2O5S. The Morgan fingerprint density at radius 1 is 1.18 bits per heavy atom. The maximum atomic E-state index is 12.6. The van der Waals surface area contributed by atoms with E-state index in [1.54, 1.807) is 24.3 Å². The fourth-order valence-corrected chi connectivity index (χ4v) is 3.96. The van der Waals surface area contributed by atoms with Crippen LogP contribution in [0.3, 0.4) is 0 Å². The van der Waals surface area contributed by atoms with Crippen LogP contribution in [0, 0.1) is 0 Å². The quantitative estimate of drug-likeness (QED) is 0.520. The lowest BCUT2D eigenvalue weighted by Gasteiger charge is -2.13. The number of carbonyl (C=O) groups is 3. The van der Waals surface area contributed by atoms with E-state index in [2.05, 4.69) is 10.1 Å². The Hall–Kier alpha value is -3.11. The molecule has 1 N–H and O–H groups in total. The largest absolute Gasteiger partial charge is 0.493 e. The predicted molar refractivity (Wildman–Crippen MR) is 120 cm³/mol. The summed E-state index contributed by atoms with van der Waals surface area (Å²) < 4.78 is 34.3. The second-order valence-electron chi connectivity index (χ2n) is 6.78. The third-order valence-corrected chi connectivity index (χ3v) is 5.67. The van der Waals surface area contributed by atoms with Crippen molar-refractivity contribution >= 4 is 46.5 Å². The van der Waals surface area contributed by atoms with Crippen LogP contribution in [0.2, 0.25) is 5.02 Å². The number of benzene rings is 2. The zero-order valence-corrected chi connectivity index (χ0v) is 18.9. The number of thioether (sulfide) groups is 1. The summed E-state index contributed by atoms with van der Waals surface area (Å²) in [4.78, 5) is 38.2. The third-order valence-electron chi connectivity index (χ3n) is 4.51. The van der Waals surface area contributed by atoms with Gasteiger partial charge < -0.3 is 14.8 Å². The number of hydrogen-bond acceptors (Lipinski definition) is 6. The topological polar surface area (TPSA) is 84.9 Å². The van der Waals surface area contributed by atoms with E-state index in [-0.39, 0.29) is 41.8 Å². The average molecular weight is 497 g/mol. The van der Waals surface area contributed by atoms with E-state index in [4.69, 9.17) is 16.3 Å². The summed E-state index contributed by atoms with van der Waals surface area (Å²) in [5.74, 6) is -0.847. The molecule has 1 fully saturated rings. The van der Waals surface area contributed by atoms with Gasteiger partial charge >= 0.3 is 6.61 Å². The second-order valence-corrected chi connectivity index (χ2v) is 8.20. The minimum absolute atomic E-state index is 0.0127. The van der Waals surface area contributed by atoms with Gasteiger partial charge in [-0.2, -0.15) is 8.78 Å². The lowest BCUT2D eigenvalue weighted by atomic mass is 10.1. The Labute approximate surface area is 197 Å². The molecule has 174 valence electrons. The van der Waals surface area contributed by atoms with Gasteiger partial charge in [0.15, 0.2) is 11.5 Å². The summed E-state index contributed by atoms with van der Waals surface area (Å²) in [7, 11) is 1.30. The van der Waals surface area contributed by atoms with E-state index in [0.717, 1.165) is 22.2 Å². The number of nitrogens with one attached hydrogen (secondary N) is 1. The lowest BCUT2D eigenvalue weighted by Crippen LogP contribution is -2.37. The summed E-state index contributed by atoms with van der Waals surface area (Å²) in [5.41, 5.74) is 1.25. The molecule has 7 nitrogen and oxygen atoms in total. The standard InChI is InChI=1S/C22H19ClF2N2O5S/c1-31-17-10-14(4-7-16(17)32-21(24)25)11-18-20(29)27(22(30)33-18)9-8-26-19(28)12-13-2-5-15(23)6-3-13/h2-7,10-11,21H,8-9,12H2,1H3,(H,26,28)/b18-11-. The number of nitrogens with zero attached hydrogens (tertiary/aromatic N) is 1. The Bertz CT molecular complexity index is 1080. The predicted octanol–water partition coefficient (Wildman–Crippen LogP) is 4.35. The molecule has 0 saturated carbocycles. The highest BCUT2D eigenvalue weighted by Crippen LogP contribution is 2.34. The van der Waals surface area contributed by atoms with Gasteiger partial charge in [-0.1, -0.05) is 29.8 Å². The first-order valence-corrected chi connectivity index (χ1v) is 10.9. The van der Waals surface area contributed by atoms with Gasteiger partial charge in [0.05, 0.1) is 18.4 Å². The maximum Gasteiger partial charge on any atom is 0.387 e. The van der Waals surface area contributed by atoms with E-state index in [0.29, 0.717) is 10.6 Å². The summed E-state index contributed by atoms with van der Waals surface area (Å²) in [6, 6.07) is 11.0. The van der Waals surface area contributed by atoms with Gasteiger partial charge in [-0.05, 0) is 53.2 Å². The van der Waals surface area contributed by atoms with Crippen molar-refractivity contribution in [1.82, 2.24) is 10.2 Å². The number of alkyl halides is 2. The Morgan fingerprint density at radius 2 is 1.91 bits per heavy atom. The zero-order valence-electron chi connectivity index (χ0n) is 17.3. The second kappa shape index (κ2) is 11.2. The Balaban J connectivity index is 1.58. The van der Waals surface area contributed by atoms with Gasteiger partial charge in [0.2, 0.25) is 5.91 Å². The molecule has 1 heterocycles. The molecule has 3 rings (SSSR count). The van der Waals surface area contributed by atoms with Crippen molar-refractivity contribution < 1.29 is 32.6 Å². The van der Waals surface area contributed by atoms with Gasteiger partial charge in [0.25, 0.3) is 11.1 Å². The molecule has 0 radical (unpaired) electrons. The third kappa shape index (κ3) is 6.69. The van der Waals surface area contributed by atoms with Gasteiger partial charge in [-0.25, -0.2) is 0 Å². The molecular weight excluding hydrogens is 478 g/mol. The van der Waals surface area contributed by atoms with Crippen LogP contribution < -0.4 is 14.8 Å². The number of methoxy groups -OCH3 is 1. The molecule has 2 aromatic carbocycles. The van der Waals surface area contributed by atoms with Crippen LogP contribution in [0.25, 0.3) is 6.08 Å². The van der Waals surface area contributed by atoms with Crippen LogP contribution in [-0.4, -0.2) is 48.8 Å². The molecule has 0 spiro atoms. The van der Waals surface area contributed by atoms with E-state index < -0.39 is 17.8 Å². The van der Waals surface area contributed by atoms with E-state index >= 15 is 0 Å². The average Bonchev–Trinajstić information content (AvgIpc) is 3.03. The fraction of sp³-hybridized carbons (Fsp3) is 0.227. The highest BCUT2D eigenvalue weighted by molar-refractivity contribution is 8.18. The minimum atomic E-state index is -3.01. The smallest absolute Gasteiger partial charge is 0.387 e. The van der Waals surface area contributed by atoms with E-state index in [1.807, 2.05) is 0 Å². The molecule has 0 atom stereocenters. The van der Waals surface area contributed by atoms with Gasteiger partial charge in [-0.15, -0.1) is 0 Å².